The van der Waals surface area contributed by atoms with Crippen LogP contribution in [0.2, 0.25) is 0 Å². The first-order chi connectivity index (χ1) is 8.59. The van der Waals surface area contributed by atoms with Crippen LogP contribution in [0.3, 0.4) is 0 Å². The summed E-state index contributed by atoms with van der Waals surface area (Å²) in [6, 6.07) is 8.37. The number of methoxy groups -OCH3 is 1. The summed E-state index contributed by atoms with van der Waals surface area (Å²) in [6.07, 6.45) is 1.22. The number of hydrogen-bond acceptors (Lipinski definition) is 3. The summed E-state index contributed by atoms with van der Waals surface area (Å²) in [4.78, 5) is 2.52. The molecule has 1 heterocycles. The van der Waals surface area contributed by atoms with Crippen LogP contribution in [0.15, 0.2) is 24.3 Å². The second kappa shape index (κ2) is 5.72. The molecule has 3 heteroatoms. The first-order valence-electron chi connectivity index (χ1n) is 6.69. The number of ether oxygens (including phenoxy) is 1. The van der Waals surface area contributed by atoms with E-state index >= 15 is 0 Å². The molecule has 1 aromatic rings. The zero-order valence-corrected chi connectivity index (χ0v) is 11.7. The van der Waals surface area contributed by atoms with Crippen molar-refractivity contribution in [3.63, 3.8) is 0 Å². The third-order valence-corrected chi connectivity index (χ3v) is 3.41. The van der Waals surface area contributed by atoms with Crippen LogP contribution < -0.4 is 10.1 Å². The molecule has 1 fully saturated rings. The second-order valence-corrected chi connectivity index (χ2v) is 5.73. The van der Waals surface area contributed by atoms with Crippen LogP contribution in [-0.2, 0) is 6.54 Å². The first-order valence-corrected chi connectivity index (χ1v) is 6.69. The summed E-state index contributed by atoms with van der Waals surface area (Å²) < 4.78 is 5.28. The lowest BCUT2D eigenvalue weighted by atomic mass is 10.1. The van der Waals surface area contributed by atoms with Gasteiger partial charge in [0.05, 0.1) is 7.11 Å². The van der Waals surface area contributed by atoms with E-state index in [2.05, 4.69) is 42.3 Å². The van der Waals surface area contributed by atoms with E-state index in [1.807, 2.05) is 6.07 Å². The summed E-state index contributed by atoms with van der Waals surface area (Å²) in [5.74, 6) is 0.944. The lowest BCUT2D eigenvalue weighted by Gasteiger charge is -2.30. The lowest BCUT2D eigenvalue weighted by Crippen LogP contribution is -2.46. The van der Waals surface area contributed by atoms with Gasteiger partial charge in [0.1, 0.15) is 5.75 Å². The highest BCUT2D eigenvalue weighted by atomic mass is 16.5. The standard InChI is InChI=1S/C15H24N2O/c1-15(2)12-17(9-5-8-16-15)11-13-6-4-7-14(10-13)18-3/h4,6-7,10,16H,5,8-9,11-12H2,1-3H3. The van der Waals surface area contributed by atoms with Crippen molar-refractivity contribution >= 4 is 0 Å². The molecule has 0 spiro atoms. The van der Waals surface area contributed by atoms with Gasteiger partial charge in [0.15, 0.2) is 0 Å². The molecule has 0 bridgehead atoms. The van der Waals surface area contributed by atoms with Crippen LogP contribution in [0.4, 0.5) is 0 Å². The normalized spacial score (nSPS) is 20.4. The van der Waals surface area contributed by atoms with Crippen molar-refractivity contribution in [2.24, 2.45) is 0 Å². The molecule has 0 unspecified atom stereocenters. The molecule has 2 rings (SSSR count). The van der Waals surface area contributed by atoms with Gasteiger partial charge < -0.3 is 10.1 Å². The molecule has 1 aromatic carbocycles. The maximum Gasteiger partial charge on any atom is 0.119 e. The van der Waals surface area contributed by atoms with Crippen molar-refractivity contribution in [2.45, 2.75) is 32.4 Å². The molecule has 0 amide bonds. The van der Waals surface area contributed by atoms with E-state index in [0.717, 1.165) is 31.9 Å². The fraction of sp³-hybridized carbons (Fsp3) is 0.600. The van der Waals surface area contributed by atoms with E-state index in [0.29, 0.717) is 0 Å². The van der Waals surface area contributed by atoms with Crippen molar-refractivity contribution in [1.82, 2.24) is 10.2 Å². The van der Waals surface area contributed by atoms with Crippen LogP contribution >= 0.6 is 0 Å². The van der Waals surface area contributed by atoms with E-state index in [4.69, 9.17) is 4.74 Å². The quantitative estimate of drug-likeness (QED) is 0.888. The number of nitrogens with zero attached hydrogens (tertiary/aromatic N) is 1. The fourth-order valence-corrected chi connectivity index (χ4v) is 2.59. The van der Waals surface area contributed by atoms with Crippen molar-refractivity contribution in [3.8, 4) is 5.75 Å². The maximum absolute atomic E-state index is 5.28. The largest absolute Gasteiger partial charge is 0.497 e. The molecule has 0 radical (unpaired) electrons. The smallest absolute Gasteiger partial charge is 0.119 e. The van der Waals surface area contributed by atoms with Gasteiger partial charge in [-0.3, -0.25) is 4.90 Å². The molecule has 100 valence electrons. The zero-order valence-electron chi connectivity index (χ0n) is 11.7. The minimum absolute atomic E-state index is 0.204. The first kappa shape index (κ1) is 13.4. The molecule has 1 N–H and O–H groups in total. The lowest BCUT2D eigenvalue weighted by molar-refractivity contribution is 0.223. The minimum atomic E-state index is 0.204. The van der Waals surface area contributed by atoms with Gasteiger partial charge in [-0.15, -0.1) is 0 Å². The summed E-state index contributed by atoms with van der Waals surface area (Å²) in [6.45, 7) is 8.91. The number of hydrogen-bond donors (Lipinski definition) is 1. The topological polar surface area (TPSA) is 24.5 Å². The highest BCUT2D eigenvalue weighted by Gasteiger charge is 2.23. The molecular formula is C15H24N2O. The zero-order chi connectivity index (χ0) is 13.0. The van der Waals surface area contributed by atoms with Crippen molar-refractivity contribution in [3.05, 3.63) is 29.8 Å². The summed E-state index contributed by atoms with van der Waals surface area (Å²) in [5, 5.41) is 3.59. The molecule has 0 atom stereocenters. The van der Waals surface area contributed by atoms with Crippen LogP contribution in [0.5, 0.6) is 5.75 Å². The third-order valence-electron chi connectivity index (χ3n) is 3.41. The molecule has 1 saturated heterocycles. The molecule has 1 aliphatic rings. The van der Waals surface area contributed by atoms with Crippen LogP contribution in [-0.4, -0.2) is 37.2 Å². The second-order valence-electron chi connectivity index (χ2n) is 5.73. The van der Waals surface area contributed by atoms with E-state index in [9.17, 15) is 0 Å². The van der Waals surface area contributed by atoms with Crippen LogP contribution in [0.25, 0.3) is 0 Å². The van der Waals surface area contributed by atoms with E-state index in [1.54, 1.807) is 7.11 Å². The van der Waals surface area contributed by atoms with Crippen LogP contribution in [0.1, 0.15) is 25.8 Å². The Balaban J connectivity index is 2.03. The Bertz CT molecular complexity index is 390. The van der Waals surface area contributed by atoms with Gasteiger partial charge in [0, 0.05) is 18.6 Å². The highest BCUT2D eigenvalue weighted by molar-refractivity contribution is 5.28. The number of nitrogens with one attached hydrogen (secondary N) is 1. The Morgan fingerprint density at radius 1 is 1.39 bits per heavy atom. The Morgan fingerprint density at radius 3 is 3.00 bits per heavy atom. The molecule has 18 heavy (non-hydrogen) atoms. The van der Waals surface area contributed by atoms with Crippen LogP contribution in [0, 0.1) is 0 Å². The highest BCUT2D eigenvalue weighted by Crippen LogP contribution is 2.17. The Kier molecular flexibility index (Phi) is 4.25. The van der Waals surface area contributed by atoms with Gasteiger partial charge in [0.2, 0.25) is 0 Å². The average Bonchev–Trinajstić information content (AvgIpc) is 2.50. The van der Waals surface area contributed by atoms with Gasteiger partial charge in [0.25, 0.3) is 0 Å². The SMILES string of the molecule is COc1cccc(CN2CCCNC(C)(C)C2)c1. The molecule has 1 aliphatic heterocycles. The molecule has 0 aliphatic carbocycles. The number of benzene rings is 1. The molecule has 0 saturated carbocycles. The summed E-state index contributed by atoms with van der Waals surface area (Å²) in [5.41, 5.74) is 1.53. The fourth-order valence-electron chi connectivity index (χ4n) is 2.59. The predicted octanol–water partition coefficient (Wildman–Crippen LogP) is 2.27. The molecule has 3 nitrogen and oxygen atoms in total. The van der Waals surface area contributed by atoms with Gasteiger partial charge in [-0.05, 0) is 51.1 Å². The Morgan fingerprint density at radius 2 is 2.22 bits per heavy atom. The summed E-state index contributed by atoms with van der Waals surface area (Å²) in [7, 11) is 1.72. The number of rotatable bonds is 3. The van der Waals surface area contributed by atoms with Gasteiger partial charge in [-0.1, -0.05) is 12.1 Å². The molecular weight excluding hydrogens is 224 g/mol. The minimum Gasteiger partial charge on any atom is -0.497 e. The van der Waals surface area contributed by atoms with E-state index < -0.39 is 0 Å². The van der Waals surface area contributed by atoms with E-state index in [1.165, 1.54) is 12.0 Å². The Hall–Kier alpha value is -1.06. The third kappa shape index (κ3) is 3.72. The predicted molar refractivity (Wildman–Crippen MR) is 75.0 cm³/mol. The van der Waals surface area contributed by atoms with Crippen molar-refractivity contribution < 1.29 is 4.74 Å². The van der Waals surface area contributed by atoms with E-state index in [-0.39, 0.29) is 5.54 Å². The average molecular weight is 248 g/mol. The van der Waals surface area contributed by atoms with Crippen molar-refractivity contribution in [1.29, 1.82) is 0 Å². The van der Waals surface area contributed by atoms with Crippen molar-refractivity contribution in [2.75, 3.05) is 26.7 Å². The maximum atomic E-state index is 5.28. The summed E-state index contributed by atoms with van der Waals surface area (Å²) >= 11 is 0. The van der Waals surface area contributed by atoms with Gasteiger partial charge in [-0.25, -0.2) is 0 Å². The Labute approximate surface area is 110 Å². The molecule has 0 aromatic heterocycles. The van der Waals surface area contributed by atoms with Gasteiger partial charge in [-0.2, -0.15) is 0 Å². The monoisotopic (exact) mass is 248 g/mol. The van der Waals surface area contributed by atoms with Gasteiger partial charge >= 0.3 is 0 Å².